The van der Waals surface area contributed by atoms with Crippen molar-refractivity contribution in [2.24, 2.45) is 0 Å². The summed E-state index contributed by atoms with van der Waals surface area (Å²) in [5.41, 5.74) is 0.976. The van der Waals surface area contributed by atoms with Crippen molar-refractivity contribution in [2.75, 3.05) is 5.32 Å². The fourth-order valence-corrected chi connectivity index (χ4v) is 3.47. The minimum absolute atomic E-state index is 0.244. The summed E-state index contributed by atoms with van der Waals surface area (Å²) in [4.78, 5) is 5.66. The molecule has 2 N–H and O–H groups in total. The summed E-state index contributed by atoms with van der Waals surface area (Å²) in [6.07, 6.45) is 0. The number of benzene rings is 2. The number of aromatic amines is 1. The van der Waals surface area contributed by atoms with E-state index < -0.39 is 0 Å². The van der Waals surface area contributed by atoms with Crippen LogP contribution in [0.1, 0.15) is 5.69 Å². The number of aryl methyl sites for hydroxylation is 1. The van der Waals surface area contributed by atoms with Crippen LogP contribution in [0, 0.1) is 12.7 Å². The molecule has 6 heteroatoms. The fourth-order valence-electron chi connectivity index (χ4n) is 2.54. The average Bonchev–Trinajstić information content (AvgIpc) is 3.02. The van der Waals surface area contributed by atoms with E-state index in [4.69, 9.17) is 4.98 Å². The van der Waals surface area contributed by atoms with E-state index in [1.165, 1.54) is 23.9 Å². The van der Waals surface area contributed by atoms with Crippen LogP contribution in [0.4, 0.5) is 16.0 Å². The Morgan fingerprint density at radius 2 is 1.80 bits per heavy atom. The summed E-state index contributed by atoms with van der Waals surface area (Å²) in [6.45, 7) is 1.95. The minimum atomic E-state index is -0.244. The first-order valence-electron chi connectivity index (χ1n) is 7.80. The number of pyridine rings is 1. The third-order valence-corrected chi connectivity index (χ3v) is 4.71. The summed E-state index contributed by atoms with van der Waals surface area (Å²) in [5, 5.41) is 13.3. The van der Waals surface area contributed by atoms with E-state index >= 15 is 0 Å². The lowest BCUT2D eigenvalue weighted by Crippen LogP contribution is -1.96. The molecule has 124 valence electrons. The third-order valence-electron chi connectivity index (χ3n) is 3.70. The number of halogens is 1. The summed E-state index contributed by atoms with van der Waals surface area (Å²) < 4.78 is 13.1. The van der Waals surface area contributed by atoms with Gasteiger partial charge in [0.05, 0.1) is 0 Å². The van der Waals surface area contributed by atoms with Gasteiger partial charge in [-0.25, -0.2) is 9.37 Å². The van der Waals surface area contributed by atoms with Crippen molar-refractivity contribution in [3.63, 3.8) is 0 Å². The molecular weight excluding hydrogens is 335 g/mol. The second kappa shape index (κ2) is 6.57. The van der Waals surface area contributed by atoms with Gasteiger partial charge in [-0.15, -0.1) is 0 Å². The van der Waals surface area contributed by atoms with Crippen LogP contribution in [0.3, 0.4) is 0 Å². The molecule has 2 aromatic heterocycles. The molecule has 0 bridgehead atoms. The number of fused-ring (bicyclic) bond motifs is 1. The lowest BCUT2D eigenvalue weighted by molar-refractivity contribution is 0.626. The van der Waals surface area contributed by atoms with Crippen molar-refractivity contribution in [3.05, 3.63) is 72.2 Å². The largest absolute Gasteiger partial charge is 0.323 e. The molecule has 4 nitrogen and oxygen atoms in total. The SMILES string of the molecule is Cc1cc(Nc2cc3ccccc3c(Sc3ccc(F)cc3)n2)n[nH]1. The Bertz CT molecular complexity index is 1030. The van der Waals surface area contributed by atoms with E-state index in [0.29, 0.717) is 0 Å². The van der Waals surface area contributed by atoms with Gasteiger partial charge in [0.15, 0.2) is 5.82 Å². The molecule has 0 aliphatic heterocycles. The molecule has 2 aromatic carbocycles. The number of rotatable bonds is 4. The molecule has 0 unspecified atom stereocenters. The number of H-pyrrole nitrogens is 1. The van der Waals surface area contributed by atoms with Crippen molar-refractivity contribution < 1.29 is 4.39 Å². The Morgan fingerprint density at radius 1 is 1.00 bits per heavy atom. The molecule has 0 fully saturated rings. The predicted molar refractivity (Wildman–Crippen MR) is 98.9 cm³/mol. The highest BCUT2D eigenvalue weighted by Crippen LogP contribution is 2.34. The van der Waals surface area contributed by atoms with Gasteiger partial charge in [0, 0.05) is 22.0 Å². The molecule has 0 saturated carbocycles. The summed E-state index contributed by atoms with van der Waals surface area (Å²) in [6, 6.07) is 18.4. The lowest BCUT2D eigenvalue weighted by Gasteiger charge is -2.10. The molecule has 0 saturated heterocycles. The number of hydrogen-bond donors (Lipinski definition) is 2. The van der Waals surface area contributed by atoms with E-state index in [1.54, 1.807) is 12.1 Å². The third kappa shape index (κ3) is 3.49. The van der Waals surface area contributed by atoms with E-state index in [-0.39, 0.29) is 5.82 Å². The van der Waals surface area contributed by atoms with Gasteiger partial charge in [0.1, 0.15) is 16.7 Å². The first-order valence-corrected chi connectivity index (χ1v) is 8.61. The van der Waals surface area contributed by atoms with Crippen LogP contribution in [0.15, 0.2) is 70.6 Å². The molecule has 0 spiro atoms. The first kappa shape index (κ1) is 15.7. The second-order valence-electron chi connectivity index (χ2n) is 5.65. The van der Waals surface area contributed by atoms with Crippen LogP contribution >= 0.6 is 11.8 Å². The van der Waals surface area contributed by atoms with E-state index in [0.717, 1.165) is 38.0 Å². The zero-order valence-corrected chi connectivity index (χ0v) is 14.3. The first-order chi connectivity index (χ1) is 12.2. The van der Waals surface area contributed by atoms with Gasteiger partial charge in [-0.1, -0.05) is 36.0 Å². The maximum atomic E-state index is 13.1. The van der Waals surface area contributed by atoms with Gasteiger partial charge in [-0.2, -0.15) is 5.10 Å². The highest BCUT2D eigenvalue weighted by atomic mass is 32.2. The number of aromatic nitrogens is 3. The Labute approximate surface area is 148 Å². The molecule has 4 rings (SSSR count). The van der Waals surface area contributed by atoms with Crippen LogP contribution < -0.4 is 5.32 Å². The summed E-state index contributed by atoms with van der Waals surface area (Å²) in [5.74, 6) is 1.19. The quantitative estimate of drug-likeness (QED) is 0.524. The van der Waals surface area contributed by atoms with Gasteiger partial charge < -0.3 is 5.32 Å². The lowest BCUT2D eigenvalue weighted by atomic mass is 10.2. The maximum Gasteiger partial charge on any atom is 0.153 e. The molecule has 0 atom stereocenters. The Balaban J connectivity index is 1.74. The van der Waals surface area contributed by atoms with Crippen molar-refractivity contribution in [2.45, 2.75) is 16.8 Å². The minimum Gasteiger partial charge on any atom is -0.323 e. The average molecular weight is 350 g/mol. The van der Waals surface area contributed by atoms with Gasteiger partial charge >= 0.3 is 0 Å². The molecule has 2 heterocycles. The van der Waals surface area contributed by atoms with Crippen LogP contribution in [0.5, 0.6) is 0 Å². The number of anilines is 2. The highest BCUT2D eigenvalue weighted by molar-refractivity contribution is 7.99. The van der Waals surface area contributed by atoms with Gasteiger partial charge in [0.2, 0.25) is 0 Å². The van der Waals surface area contributed by atoms with E-state index in [9.17, 15) is 4.39 Å². The van der Waals surface area contributed by atoms with E-state index in [1.807, 2.05) is 43.3 Å². The molecule has 0 amide bonds. The van der Waals surface area contributed by atoms with Gasteiger partial charge in [0.25, 0.3) is 0 Å². The molecule has 0 aliphatic carbocycles. The van der Waals surface area contributed by atoms with Gasteiger partial charge in [-0.05, 0) is 42.6 Å². The van der Waals surface area contributed by atoms with Crippen molar-refractivity contribution in [3.8, 4) is 0 Å². The molecule has 4 aromatic rings. The van der Waals surface area contributed by atoms with Crippen LogP contribution in [-0.4, -0.2) is 15.2 Å². The van der Waals surface area contributed by atoms with Crippen molar-refractivity contribution >= 4 is 34.2 Å². The Hall–Kier alpha value is -2.86. The molecule has 0 radical (unpaired) electrons. The molecule has 0 aliphatic rings. The number of nitrogens with one attached hydrogen (secondary N) is 2. The normalized spacial score (nSPS) is 11.0. The van der Waals surface area contributed by atoms with Crippen LogP contribution in [-0.2, 0) is 0 Å². The zero-order chi connectivity index (χ0) is 17.2. The fraction of sp³-hybridized carbons (Fsp3) is 0.0526. The predicted octanol–water partition coefficient (Wildman–Crippen LogP) is 5.30. The Kier molecular flexibility index (Phi) is 4.11. The summed E-state index contributed by atoms with van der Waals surface area (Å²) in [7, 11) is 0. The van der Waals surface area contributed by atoms with Gasteiger partial charge in [-0.3, -0.25) is 5.10 Å². The van der Waals surface area contributed by atoms with Crippen molar-refractivity contribution in [1.29, 1.82) is 0 Å². The standard InChI is InChI=1S/C19H15FN4S/c1-12-10-18(24-23-12)21-17-11-13-4-2-3-5-16(13)19(22-17)25-15-8-6-14(20)7-9-15/h2-11H,1H3,(H2,21,22,23,24). The molecule has 25 heavy (non-hydrogen) atoms. The zero-order valence-electron chi connectivity index (χ0n) is 13.5. The highest BCUT2D eigenvalue weighted by Gasteiger charge is 2.09. The second-order valence-corrected chi connectivity index (χ2v) is 6.71. The monoisotopic (exact) mass is 350 g/mol. The van der Waals surface area contributed by atoms with Crippen LogP contribution in [0.2, 0.25) is 0 Å². The summed E-state index contributed by atoms with van der Waals surface area (Å²) >= 11 is 1.51. The number of hydrogen-bond acceptors (Lipinski definition) is 4. The smallest absolute Gasteiger partial charge is 0.153 e. The number of nitrogens with zero attached hydrogens (tertiary/aromatic N) is 2. The topological polar surface area (TPSA) is 53.6 Å². The Morgan fingerprint density at radius 3 is 2.56 bits per heavy atom. The molecular formula is C19H15FN4S. The maximum absolute atomic E-state index is 13.1. The van der Waals surface area contributed by atoms with E-state index in [2.05, 4.69) is 15.5 Å². The van der Waals surface area contributed by atoms with Crippen LogP contribution in [0.25, 0.3) is 10.8 Å². The van der Waals surface area contributed by atoms with Crippen molar-refractivity contribution in [1.82, 2.24) is 15.2 Å².